The molecule has 0 bridgehead atoms. The number of hydrogen-bond acceptors (Lipinski definition) is 1. The molecule has 21 heavy (non-hydrogen) atoms. The summed E-state index contributed by atoms with van der Waals surface area (Å²) in [7, 11) is 0. The van der Waals surface area contributed by atoms with Gasteiger partial charge >= 0.3 is 0 Å². The van der Waals surface area contributed by atoms with Gasteiger partial charge in [-0.3, -0.25) is 0 Å². The van der Waals surface area contributed by atoms with E-state index in [9.17, 15) is 0 Å². The third-order valence-electron chi connectivity index (χ3n) is 5.26. The second-order valence-corrected chi connectivity index (χ2v) is 6.77. The van der Waals surface area contributed by atoms with Crippen LogP contribution in [0, 0.1) is 0 Å². The monoisotopic (exact) mass is 283 g/mol. The van der Waals surface area contributed by atoms with Gasteiger partial charge in [0.05, 0.1) is 0 Å². The zero-order valence-electron chi connectivity index (χ0n) is 13.2. The van der Waals surface area contributed by atoms with Crippen molar-refractivity contribution in [2.75, 3.05) is 6.54 Å². The summed E-state index contributed by atoms with van der Waals surface area (Å²) in [6.07, 6.45) is 14.6. The highest BCUT2D eigenvalue weighted by Crippen LogP contribution is 2.32. The molecule has 0 atom stereocenters. The van der Waals surface area contributed by atoms with Crippen molar-refractivity contribution in [2.24, 2.45) is 0 Å². The Kier molecular flexibility index (Phi) is 5.51. The molecular formula is C20H29N. The molecule has 2 aliphatic carbocycles. The molecule has 0 unspecified atom stereocenters. The zero-order chi connectivity index (χ0) is 14.3. The first kappa shape index (κ1) is 14.8. The van der Waals surface area contributed by atoms with Gasteiger partial charge < -0.3 is 5.32 Å². The van der Waals surface area contributed by atoms with E-state index in [4.69, 9.17) is 0 Å². The number of rotatable bonds is 5. The van der Waals surface area contributed by atoms with Crippen molar-refractivity contribution in [2.45, 2.75) is 69.7 Å². The number of allylic oxidation sites excluding steroid dienone is 1. The van der Waals surface area contributed by atoms with Gasteiger partial charge in [-0.05, 0) is 75.8 Å². The van der Waals surface area contributed by atoms with Crippen LogP contribution in [0.3, 0.4) is 0 Å². The topological polar surface area (TPSA) is 12.0 Å². The van der Waals surface area contributed by atoms with Crippen LogP contribution in [-0.2, 0) is 0 Å². The van der Waals surface area contributed by atoms with Gasteiger partial charge in [0, 0.05) is 6.04 Å². The fraction of sp³-hybridized carbons (Fsp3) is 0.600. The first-order valence-corrected chi connectivity index (χ1v) is 8.88. The molecule has 0 radical (unpaired) electrons. The van der Waals surface area contributed by atoms with E-state index in [2.05, 4.69) is 41.7 Å². The predicted octanol–water partition coefficient (Wildman–Crippen LogP) is 5.19. The first-order chi connectivity index (χ1) is 10.4. The van der Waals surface area contributed by atoms with E-state index in [1.807, 2.05) is 0 Å². The minimum Gasteiger partial charge on any atom is -0.314 e. The van der Waals surface area contributed by atoms with E-state index in [-0.39, 0.29) is 0 Å². The molecule has 0 saturated heterocycles. The number of nitrogens with one attached hydrogen (secondary N) is 1. The van der Waals surface area contributed by atoms with Gasteiger partial charge in [-0.15, -0.1) is 0 Å². The molecule has 1 N–H and O–H groups in total. The summed E-state index contributed by atoms with van der Waals surface area (Å²) in [4.78, 5) is 0. The smallest absolute Gasteiger partial charge is 0.00676 e. The van der Waals surface area contributed by atoms with Crippen LogP contribution in [0.25, 0.3) is 0 Å². The number of benzene rings is 1. The molecule has 0 spiro atoms. The molecule has 0 heterocycles. The van der Waals surface area contributed by atoms with Gasteiger partial charge in [0.15, 0.2) is 0 Å². The molecule has 0 aliphatic heterocycles. The average molecular weight is 283 g/mol. The Hall–Kier alpha value is -1.08. The Morgan fingerprint density at radius 3 is 2.48 bits per heavy atom. The normalized spacial score (nSPS) is 26.4. The average Bonchev–Trinajstić information content (AvgIpc) is 2.57. The fourth-order valence-electron chi connectivity index (χ4n) is 3.92. The van der Waals surface area contributed by atoms with E-state index < -0.39 is 0 Å². The van der Waals surface area contributed by atoms with E-state index in [1.165, 1.54) is 64.3 Å². The maximum absolute atomic E-state index is 3.80. The molecule has 2 aliphatic rings. The SMILES string of the molecule is C1=C(CCNC2CCC(c3ccccc3)CC2)CCCC1. The molecular weight excluding hydrogens is 254 g/mol. The minimum atomic E-state index is 0.758. The maximum Gasteiger partial charge on any atom is 0.00676 e. The molecule has 0 aromatic heterocycles. The molecule has 114 valence electrons. The summed E-state index contributed by atoms with van der Waals surface area (Å²) in [6.45, 7) is 1.19. The third kappa shape index (κ3) is 4.44. The van der Waals surface area contributed by atoms with Crippen molar-refractivity contribution in [3.8, 4) is 0 Å². The summed E-state index contributed by atoms with van der Waals surface area (Å²) >= 11 is 0. The molecule has 1 heteroatoms. The largest absolute Gasteiger partial charge is 0.314 e. The van der Waals surface area contributed by atoms with Gasteiger partial charge in [-0.25, -0.2) is 0 Å². The molecule has 1 fully saturated rings. The van der Waals surface area contributed by atoms with Crippen LogP contribution >= 0.6 is 0 Å². The van der Waals surface area contributed by atoms with Crippen LogP contribution in [0.15, 0.2) is 42.0 Å². The summed E-state index contributed by atoms with van der Waals surface area (Å²) < 4.78 is 0. The highest BCUT2D eigenvalue weighted by Gasteiger charge is 2.21. The predicted molar refractivity (Wildman–Crippen MR) is 90.6 cm³/mol. The maximum atomic E-state index is 3.80. The lowest BCUT2D eigenvalue weighted by Crippen LogP contribution is -2.33. The van der Waals surface area contributed by atoms with Crippen LogP contribution in [-0.4, -0.2) is 12.6 Å². The highest BCUT2D eigenvalue weighted by atomic mass is 14.9. The second kappa shape index (κ2) is 7.79. The van der Waals surface area contributed by atoms with Crippen molar-refractivity contribution in [1.29, 1.82) is 0 Å². The van der Waals surface area contributed by atoms with Crippen LogP contribution in [0.2, 0.25) is 0 Å². The van der Waals surface area contributed by atoms with Crippen LogP contribution in [0.4, 0.5) is 0 Å². The Balaban J connectivity index is 1.37. The van der Waals surface area contributed by atoms with Crippen molar-refractivity contribution < 1.29 is 0 Å². The molecule has 1 aromatic carbocycles. The Morgan fingerprint density at radius 2 is 1.76 bits per heavy atom. The summed E-state index contributed by atoms with van der Waals surface area (Å²) in [5, 5.41) is 3.80. The quantitative estimate of drug-likeness (QED) is 0.733. The molecule has 1 aromatic rings. The molecule has 0 amide bonds. The third-order valence-corrected chi connectivity index (χ3v) is 5.26. The first-order valence-electron chi connectivity index (χ1n) is 8.88. The van der Waals surface area contributed by atoms with E-state index >= 15 is 0 Å². The van der Waals surface area contributed by atoms with E-state index in [0.29, 0.717) is 0 Å². The Morgan fingerprint density at radius 1 is 0.952 bits per heavy atom. The Bertz CT molecular complexity index is 440. The van der Waals surface area contributed by atoms with Gasteiger partial charge in [0.25, 0.3) is 0 Å². The zero-order valence-corrected chi connectivity index (χ0v) is 13.2. The van der Waals surface area contributed by atoms with E-state index in [0.717, 1.165) is 12.0 Å². The van der Waals surface area contributed by atoms with Crippen LogP contribution < -0.4 is 5.32 Å². The highest BCUT2D eigenvalue weighted by molar-refractivity contribution is 5.20. The van der Waals surface area contributed by atoms with Crippen LogP contribution in [0.5, 0.6) is 0 Å². The lowest BCUT2D eigenvalue weighted by molar-refractivity contribution is 0.344. The van der Waals surface area contributed by atoms with Gasteiger partial charge in [-0.1, -0.05) is 42.0 Å². The van der Waals surface area contributed by atoms with Gasteiger partial charge in [0.1, 0.15) is 0 Å². The standard InChI is InChI=1S/C20H29N/c1-3-7-17(8-4-1)15-16-21-20-13-11-19(12-14-20)18-9-5-2-6-10-18/h2,5-7,9-10,19-21H,1,3-4,8,11-16H2. The Labute approximate surface area is 129 Å². The molecule has 1 nitrogen and oxygen atoms in total. The van der Waals surface area contributed by atoms with Crippen LogP contribution in [0.1, 0.15) is 69.3 Å². The lowest BCUT2D eigenvalue weighted by atomic mass is 9.82. The summed E-state index contributed by atoms with van der Waals surface area (Å²) in [5.74, 6) is 0.797. The molecule has 1 saturated carbocycles. The van der Waals surface area contributed by atoms with Crippen molar-refractivity contribution in [1.82, 2.24) is 5.32 Å². The summed E-state index contributed by atoms with van der Waals surface area (Å²) in [5.41, 5.74) is 3.25. The van der Waals surface area contributed by atoms with Crippen molar-refractivity contribution >= 4 is 0 Å². The summed E-state index contributed by atoms with van der Waals surface area (Å²) in [6, 6.07) is 11.8. The minimum absolute atomic E-state index is 0.758. The van der Waals surface area contributed by atoms with E-state index in [1.54, 1.807) is 11.1 Å². The fourth-order valence-corrected chi connectivity index (χ4v) is 3.92. The van der Waals surface area contributed by atoms with Gasteiger partial charge in [0.2, 0.25) is 0 Å². The lowest BCUT2D eigenvalue weighted by Gasteiger charge is -2.29. The second-order valence-electron chi connectivity index (χ2n) is 6.77. The molecule has 3 rings (SSSR count). The van der Waals surface area contributed by atoms with Gasteiger partial charge in [-0.2, -0.15) is 0 Å². The van der Waals surface area contributed by atoms with Crippen molar-refractivity contribution in [3.63, 3.8) is 0 Å². The number of hydrogen-bond donors (Lipinski definition) is 1. The van der Waals surface area contributed by atoms with Crippen molar-refractivity contribution in [3.05, 3.63) is 47.5 Å².